The van der Waals surface area contributed by atoms with Crippen molar-refractivity contribution in [3.63, 3.8) is 0 Å². The quantitative estimate of drug-likeness (QED) is 0.781. The average Bonchev–Trinajstić information content (AvgIpc) is 2.76. The van der Waals surface area contributed by atoms with Gasteiger partial charge in [0.05, 0.1) is 6.07 Å². The van der Waals surface area contributed by atoms with Gasteiger partial charge in [0, 0.05) is 18.5 Å². The average molecular weight is 222 g/mol. The van der Waals surface area contributed by atoms with E-state index in [0.717, 1.165) is 6.42 Å². The van der Waals surface area contributed by atoms with Gasteiger partial charge in [-0.15, -0.1) is 11.3 Å². The SMILES string of the molecule is CC(C#N)C(=O)N(C)CCc1cccs1. The molecule has 1 atom stereocenters. The van der Waals surface area contributed by atoms with Gasteiger partial charge in [0.15, 0.2) is 0 Å². The van der Waals surface area contributed by atoms with Crippen LogP contribution in [0.1, 0.15) is 11.8 Å². The first-order valence-electron chi connectivity index (χ1n) is 4.82. The van der Waals surface area contributed by atoms with Gasteiger partial charge in [-0.3, -0.25) is 4.79 Å². The van der Waals surface area contributed by atoms with Crippen LogP contribution in [0.15, 0.2) is 17.5 Å². The largest absolute Gasteiger partial charge is 0.344 e. The fourth-order valence-electron chi connectivity index (χ4n) is 1.23. The van der Waals surface area contributed by atoms with E-state index in [-0.39, 0.29) is 5.91 Å². The molecule has 1 unspecified atom stereocenters. The lowest BCUT2D eigenvalue weighted by atomic mass is 10.2. The Morgan fingerprint density at radius 1 is 1.73 bits per heavy atom. The third-order valence-electron chi connectivity index (χ3n) is 2.21. The Balaban J connectivity index is 2.40. The Morgan fingerprint density at radius 3 is 3.00 bits per heavy atom. The Bertz CT molecular complexity index is 353. The van der Waals surface area contributed by atoms with E-state index in [1.54, 1.807) is 30.2 Å². The van der Waals surface area contributed by atoms with Crippen molar-refractivity contribution in [3.8, 4) is 6.07 Å². The first kappa shape index (κ1) is 11.7. The second kappa shape index (κ2) is 5.52. The van der Waals surface area contributed by atoms with Gasteiger partial charge in [-0.1, -0.05) is 6.07 Å². The van der Waals surface area contributed by atoms with Crippen LogP contribution in [0.25, 0.3) is 0 Å². The van der Waals surface area contributed by atoms with E-state index in [0.29, 0.717) is 6.54 Å². The summed E-state index contributed by atoms with van der Waals surface area (Å²) in [5.41, 5.74) is 0. The number of hydrogen-bond acceptors (Lipinski definition) is 3. The van der Waals surface area contributed by atoms with Crippen LogP contribution in [0, 0.1) is 17.2 Å². The molecule has 0 radical (unpaired) electrons. The summed E-state index contributed by atoms with van der Waals surface area (Å²) in [7, 11) is 1.74. The molecule has 1 heterocycles. The number of hydrogen-bond donors (Lipinski definition) is 0. The van der Waals surface area contributed by atoms with Gasteiger partial charge in [0.25, 0.3) is 0 Å². The fraction of sp³-hybridized carbons (Fsp3) is 0.455. The van der Waals surface area contributed by atoms with Crippen molar-refractivity contribution in [2.24, 2.45) is 5.92 Å². The van der Waals surface area contributed by atoms with Crippen molar-refractivity contribution in [1.82, 2.24) is 4.90 Å². The summed E-state index contributed by atoms with van der Waals surface area (Å²) in [6.45, 7) is 2.30. The third kappa shape index (κ3) is 3.37. The molecule has 1 aromatic rings. The van der Waals surface area contributed by atoms with Gasteiger partial charge >= 0.3 is 0 Å². The number of nitrogens with zero attached hydrogens (tertiary/aromatic N) is 2. The van der Waals surface area contributed by atoms with Crippen LogP contribution in [0.5, 0.6) is 0 Å². The lowest BCUT2D eigenvalue weighted by Crippen LogP contribution is -2.32. The highest BCUT2D eigenvalue weighted by atomic mass is 32.1. The van der Waals surface area contributed by atoms with Gasteiger partial charge in [-0.25, -0.2) is 0 Å². The number of likely N-dealkylation sites (N-methyl/N-ethyl adjacent to an activating group) is 1. The molecule has 3 nitrogen and oxygen atoms in total. The topological polar surface area (TPSA) is 44.1 Å². The van der Waals surface area contributed by atoms with E-state index in [1.807, 2.05) is 17.5 Å². The lowest BCUT2D eigenvalue weighted by molar-refractivity contribution is -0.131. The number of thiophene rings is 1. The molecule has 4 heteroatoms. The normalized spacial score (nSPS) is 11.8. The first-order chi connectivity index (χ1) is 7.15. The van der Waals surface area contributed by atoms with E-state index in [1.165, 1.54) is 4.88 Å². The maximum atomic E-state index is 11.5. The molecule has 0 aliphatic rings. The van der Waals surface area contributed by atoms with Gasteiger partial charge in [0.2, 0.25) is 5.91 Å². The minimum atomic E-state index is -0.543. The summed E-state index contributed by atoms with van der Waals surface area (Å²) in [6, 6.07) is 6.00. The lowest BCUT2D eigenvalue weighted by Gasteiger charge is -2.17. The highest BCUT2D eigenvalue weighted by molar-refractivity contribution is 7.09. The van der Waals surface area contributed by atoms with Crippen LogP contribution < -0.4 is 0 Å². The monoisotopic (exact) mass is 222 g/mol. The predicted molar refractivity (Wildman–Crippen MR) is 60.4 cm³/mol. The standard InChI is InChI=1S/C11H14N2OS/c1-9(8-12)11(14)13(2)6-5-10-4-3-7-15-10/h3-4,7,9H,5-6H2,1-2H3. The van der Waals surface area contributed by atoms with Gasteiger partial charge in [-0.05, 0) is 24.8 Å². The van der Waals surface area contributed by atoms with Gasteiger partial charge in [0.1, 0.15) is 5.92 Å². The van der Waals surface area contributed by atoms with Crippen LogP contribution in [0.3, 0.4) is 0 Å². The molecule has 0 aliphatic heterocycles. The first-order valence-corrected chi connectivity index (χ1v) is 5.70. The zero-order chi connectivity index (χ0) is 11.3. The van der Waals surface area contributed by atoms with Gasteiger partial charge in [-0.2, -0.15) is 5.26 Å². The second-order valence-corrected chi connectivity index (χ2v) is 4.47. The van der Waals surface area contributed by atoms with E-state index < -0.39 is 5.92 Å². The molecular formula is C11H14N2OS. The van der Waals surface area contributed by atoms with Crippen LogP contribution in [-0.2, 0) is 11.2 Å². The Labute approximate surface area is 93.9 Å². The molecule has 0 aliphatic carbocycles. The molecular weight excluding hydrogens is 208 g/mol. The predicted octanol–water partition coefficient (Wildman–Crippen LogP) is 1.91. The maximum Gasteiger partial charge on any atom is 0.239 e. The Kier molecular flexibility index (Phi) is 4.32. The van der Waals surface area contributed by atoms with Crippen molar-refractivity contribution in [3.05, 3.63) is 22.4 Å². The molecule has 1 amide bonds. The van der Waals surface area contributed by atoms with E-state index in [2.05, 4.69) is 6.07 Å². The van der Waals surface area contributed by atoms with Crippen molar-refractivity contribution in [1.29, 1.82) is 5.26 Å². The molecule has 0 saturated heterocycles. The number of amides is 1. The molecule has 0 N–H and O–H groups in total. The summed E-state index contributed by atoms with van der Waals surface area (Å²) in [5, 5.41) is 10.6. The van der Waals surface area contributed by atoms with Crippen LogP contribution >= 0.6 is 11.3 Å². The zero-order valence-corrected chi connectivity index (χ0v) is 9.75. The van der Waals surface area contributed by atoms with Crippen molar-refractivity contribution < 1.29 is 4.79 Å². The second-order valence-electron chi connectivity index (χ2n) is 3.44. The molecule has 0 fully saturated rings. The third-order valence-corrected chi connectivity index (χ3v) is 3.15. The maximum absolute atomic E-state index is 11.5. The van der Waals surface area contributed by atoms with Crippen molar-refractivity contribution in [2.45, 2.75) is 13.3 Å². The molecule has 0 saturated carbocycles. The summed E-state index contributed by atoms with van der Waals surface area (Å²) in [5.74, 6) is -0.646. The summed E-state index contributed by atoms with van der Waals surface area (Å²) in [6.07, 6.45) is 0.859. The molecule has 0 bridgehead atoms. The highest BCUT2D eigenvalue weighted by Gasteiger charge is 2.16. The fourth-order valence-corrected chi connectivity index (χ4v) is 1.93. The minimum absolute atomic E-state index is 0.103. The van der Waals surface area contributed by atoms with Crippen LogP contribution in [-0.4, -0.2) is 24.4 Å². The Morgan fingerprint density at radius 2 is 2.47 bits per heavy atom. The number of carbonyl (C=O) groups excluding carboxylic acids is 1. The van der Waals surface area contributed by atoms with Crippen LogP contribution in [0.4, 0.5) is 0 Å². The minimum Gasteiger partial charge on any atom is -0.344 e. The summed E-state index contributed by atoms with van der Waals surface area (Å²) >= 11 is 1.69. The zero-order valence-electron chi connectivity index (χ0n) is 8.93. The van der Waals surface area contributed by atoms with Gasteiger partial charge < -0.3 is 4.90 Å². The van der Waals surface area contributed by atoms with E-state index in [9.17, 15) is 4.79 Å². The smallest absolute Gasteiger partial charge is 0.239 e. The van der Waals surface area contributed by atoms with E-state index in [4.69, 9.17) is 5.26 Å². The number of nitriles is 1. The molecule has 1 aromatic heterocycles. The molecule has 0 aromatic carbocycles. The molecule has 15 heavy (non-hydrogen) atoms. The highest BCUT2D eigenvalue weighted by Crippen LogP contribution is 2.10. The molecule has 1 rings (SSSR count). The number of carbonyl (C=O) groups is 1. The van der Waals surface area contributed by atoms with Crippen molar-refractivity contribution in [2.75, 3.05) is 13.6 Å². The van der Waals surface area contributed by atoms with Crippen LogP contribution in [0.2, 0.25) is 0 Å². The van der Waals surface area contributed by atoms with Crippen molar-refractivity contribution >= 4 is 17.2 Å². The van der Waals surface area contributed by atoms with E-state index >= 15 is 0 Å². The Hall–Kier alpha value is -1.34. The summed E-state index contributed by atoms with van der Waals surface area (Å²) in [4.78, 5) is 14.4. The molecule has 0 spiro atoms. The molecule has 80 valence electrons. The number of rotatable bonds is 4. The summed E-state index contributed by atoms with van der Waals surface area (Å²) < 4.78 is 0.